The number of hydrogen-bond donors (Lipinski definition) is 4. The van der Waals surface area contributed by atoms with Crippen molar-refractivity contribution < 1.29 is 20.1 Å². The average Bonchev–Trinajstić information content (AvgIpc) is 2.37. The summed E-state index contributed by atoms with van der Waals surface area (Å²) in [7, 11) is 0. The van der Waals surface area contributed by atoms with Crippen LogP contribution >= 0.6 is 15.9 Å². The highest BCUT2D eigenvalue weighted by atomic mass is 79.9. The van der Waals surface area contributed by atoms with Gasteiger partial charge in [0.2, 0.25) is 0 Å². The van der Waals surface area contributed by atoms with Gasteiger partial charge < -0.3 is 25.4 Å². The molecule has 1 aromatic carbocycles. The first-order valence-electron chi connectivity index (χ1n) is 6.45. The average molecular weight is 348 g/mol. The molecule has 20 heavy (non-hydrogen) atoms. The van der Waals surface area contributed by atoms with Crippen LogP contribution in [0.1, 0.15) is 12.5 Å². The molecule has 0 amide bonds. The monoisotopic (exact) mass is 347 g/mol. The zero-order valence-electron chi connectivity index (χ0n) is 11.8. The summed E-state index contributed by atoms with van der Waals surface area (Å²) in [6, 6.07) is 5.72. The molecule has 0 radical (unpaired) electrons. The van der Waals surface area contributed by atoms with Gasteiger partial charge in [-0.3, -0.25) is 0 Å². The molecule has 1 rings (SSSR count). The molecule has 0 heterocycles. The fourth-order valence-electron chi connectivity index (χ4n) is 1.53. The highest BCUT2D eigenvalue weighted by Gasteiger charge is 2.18. The molecule has 0 aliphatic heterocycles. The van der Waals surface area contributed by atoms with Crippen molar-refractivity contribution in [2.75, 3.05) is 26.3 Å². The lowest BCUT2D eigenvalue weighted by molar-refractivity contribution is -0.000333. The van der Waals surface area contributed by atoms with Crippen molar-refractivity contribution in [1.29, 1.82) is 0 Å². The first kappa shape index (κ1) is 17.4. The number of ether oxygens (including phenoxy) is 1. The highest BCUT2D eigenvalue weighted by molar-refractivity contribution is 9.10. The first-order valence-corrected chi connectivity index (χ1v) is 7.24. The van der Waals surface area contributed by atoms with Crippen molar-refractivity contribution in [3.05, 3.63) is 28.2 Å². The minimum absolute atomic E-state index is 0.149. The summed E-state index contributed by atoms with van der Waals surface area (Å²) >= 11 is 3.40. The second kappa shape index (κ2) is 7.95. The number of aliphatic hydroxyl groups is 3. The maximum atomic E-state index is 9.78. The zero-order chi connectivity index (χ0) is 15.2. The van der Waals surface area contributed by atoms with E-state index >= 15 is 0 Å². The Morgan fingerprint density at radius 2 is 2.15 bits per heavy atom. The number of hydrogen-bond acceptors (Lipinski definition) is 5. The quantitative estimate of drug-likeness (QED) is 0.560. The van der Waals surface area contributed by atoms with Gasteiger partial charge in [-0.2, -0.15) is 0 Å². The van der Waals surface area contributed by atoms with Crippen LogP contribution in [0.25, 0.3) is 0 Å². The molecule has 0 aliphatic rings. The molecule has 1 aromatic rings. The van der Waals surface area contributed by atoms with Crippen LogP contribution in [0.3, 0.4) is 0 Å². The van der Waals surface area contributed by atoms with Crippen LogP contribution in [0.4, 0.5) is 0 Å². The number of rotatable bonds is 8. The lowest BCUT2D eigenvalue weighted by Gasteiger charge is -2.22. The third-order valence-electron chi connectivity index (χ3n) is 2.75. The summed E-state index contributed by atoms with van der Waals surface area (Å²) in [6.07, 6.45) is -0.697. The van der Waals surface area contributed by atoms with Crippen molar-refractivity contribution in [1.82, 2.24) is 5.32 Å². The second-order valence-corrected chi connectivity index (χ2v) is 6.04. The minimum atomic E-state index is -1.18. The Balaban J connectivity index is 2.31. The molecule has 0 aliphatic carbocycles. The summed E-state index contributed by atoms with van der Waals surface area (Å²) in [5, 5.41) is 31.1. The van der Waals surface area contributed by atoms with E-state index in [4.69, 9.17) is 9.84 Å². The molecule has 6 heteroatoms. The Morgan fingerprint density at radius 1 is 1.45 bits per heavy atom. The van der Waals surface area contributed by atoms with E-state index in [0.29, 0.717) is 5.75 Å². The lowest BCUT2D eigenvalue weighted by atomic mass is 10.1. The number of halogens is 1. The van der Waals surface area contributed by atoms with Gasteiger partial charge in [-0.25, -0.2) is 0 Å². The van der Waals surface area contributed by atoms with Crippen LogP contribution in [-0.2, 0) is 0 Å². The smallest absolute Gasteiger partial charge is 0.133 e. The Morgan fingerprint density at radius 3 is 2.75 bits per heavy atom. The van der Waals surface area contributed by atoms with Crippen LogP contribution in [-0.4, -0.2) is 53.3 Å². The van der Waals surface area contributed by atoms with E-state index in [-0.39, 0.29) is 26.3 Å². The molecule has 0 spiro atoms. The maximum absolute atomic E-state index is 9.78. The molecule has 0 aromatic heterocycles. The topological polar surface area (TPSA) is 82.0 Å². The van der Waals surface area contributed by atoms with Crippen molar-refractivity contribution in [2.45, 2.75) is 25.6 Å². The minimum Gasteiger partial charge on any atom is -0.490 e. The third kappa shape index (κ3) is 6.19. The molecule has 2 unspecified atom stereocenters. The van der Waals surface area contributed by atoms with Crippen LogP contribution in [0.15, 0.2) is 22.7 Å². The highest BCUT2D eigenvalue weighted by Crippen LogP contribution is 2.25. The Hall–Kier alpha value is -0.660. The van der Waals surface area contributed by atoms with Gasteiger partial charge in [-0.1, -0.05) is 6.07 Å². The van der Waals surface area contributed by atoms with Gasteiger partial charge in [0.25, 0.3) is 0 Å². The molecule has 0 saturated carbocycles. The zero-order valence-corrected chi connectivity index (χ0v) is 13.4. The van der Waals surface area contributed by atoms with Crippen LogP contribution in [0.2, 0.25) is 0 Å². The molecule has 2 atom stereocenters. The molecular formula is C14H22BrNO4. The maximum Gasteiger partial charge on any atom is 0.133 e. The number of benzene rings is 1. The van der Waals surface area contributed by atoms with Crippen LogP contribution in [0, 0.1) is 6.92 Å². The molecule has 0 bridgehead atoms. The molecular weight excluding hydrogens is 326 g/mol. The standard InChI is InChI=1S/C14H22BrNO4/c1-10-3-4-13(12(15)5-10)20-7-11(18)6-16-8-14(2,19)9-17/h3-5,11,16-19H,6-9H2,1-2H3. The number of aliphatic hydroxyl groups excluding tert-OH is 2. The van der Waals surface area contributed by atoms with E-state index in [1.807, 2.05) is 25.1 Å². The first-order chi connectivity index (χ1) is 9.34. The van der Waals surface area contributed by atoms with Crippen molar-refractivity contribution in [3.8, 4) is 5.75 Å². The van der Waals surface area contributed by atoms with E-state index < -0.39 is 11.7 Å². The summed E-state index contributed by atoms with van der Waals surface area (Å²) in [4.78, 5) is 0. The van der Waals surface area contributed by atoms with Gasteiger partial charge in [0.1, 0.15) is 18.5 Å². The predicted molar refractivity (Wildman–Crippen MR) is 81.0 cm³/mol. The van der Waals surface area contributed by atoms with E-state index in [2.05, 4.69) is 21.2 Å². The second-order valence-electron chi connectivity index (χ2n) is 5.18. The normalized spacial score (nSPS) is 15.7. The van der Waals surface area contributed by atoms with Gasteiger partial charge in [-0.15, -0.1) is 0 Å². The lowest BCUT2D eigenvalue weighted by Crippen LogP contribution is -2.44. The van der Waals surface area contributed by atoms with Crippen molar-refractivity contribution in [3.63, 3.8) is 0 Å². The van der Waals surface area contributed by atoms with Gasteiger partial charge >= 0.3 is 0 Å². The Bertz CT molecular complexity index is 426. The fourth-order valence-corrected chi connectivity index (χ4v) is 2.14. The summed E-state index contributed by atoms with van der Waals surface area (Å²) < 4.78 is 6.36. The van der Waals surface area contributed by atoms with Crippen molar-refractivity contribution in [2.24, 2.45) is 0 Å². The molecule has 4 N–H and O–H groups in total. The summed E-state index contributed by atoms with van der Waals surface area (Å²) in [6.45, 7) is 3.81. The molecule has 0 fully saturated rings. The van der Waals surface area contributed by atoms with E-state index in [1.54, 1.807) is 0 Å². The van der Waals surface area contributed by atoms with Crippen LogP contribution in [0.5, 0.6) is 5.75 Å². The molecule has 5 nitrogen and oxygen atoms in total. The number of aryl methyl sites for hydroxylation is 1. The van der Waals surface area contributed by atoms with Crippen molar-refractivity contribution >= 4 is 15.9 Å². The van der Waals surface area contributed by atoms with Gasteiger partial charge in [0.15, 0.2) is 0 Å². The predicted octanol–water partition coefficient (Wildman–Crippen LogP) is 0.830. The van der Waals surface area contributed by atoms with Gasteiger partial charge in [0, 0.05) is 13.1 Å². The molecule has 0 saturated heterocycles. The third-order valence-corrected chi connectivity index (χ3v) is 3.36. The Labute approximate surface area is 127 Å². The molecule has 114 valence electrons. The largest absolute Gasteiger partial charge is 0.490 e. The van der Waals surface area contributed by atoms with Gasteiger partial charge in [-0.05, 0) is 47.5 Å². The van der Waals surface area contributed by atoms with Crippen LogP contribution < -0.4 is 10.1 Å². The summed E-state index contributed by atoms with van der Waals surface area (Å²) in [5.74, 6) is 0.678. The number of nitrogens with one attached hydrogen (secondary N) is 1. The van der Waals surface area contributed by atoms with Gasteiger partial charge in [0.05, 0.1) is 16.7 Å². The summed E-state index contributed by atoms with van der Waals surface area (Å²) in [5.41, 5.74) is -0.0572. The fraction of sp³-hybridized carbons (Fsp3) is 0.571. The van der Waals surface area contributed by atoms with E-state index in [0.717, 1.165) is 10.0 Å². The van der Waals surface area contributed by atoms with E-state index in [9.17, 15) is 10.2 Å². The Kier molecular flexibility index (Phi) is 6.91. The SMILES string of the molecule is Cc1ccc(OCC(O)CNCC(C)(O)CO)c(Br)c1. The van der Waals surface area contributed by atoms with E-state index in [1.165, 1.54) is 6.92 Å².